The van der Waals surface area contributed by atoms with Crippen LogP contribution in [0.5, 0.6) is 11.5 Å². The van der Waals surface area contributed by atoms with Crippen LogP contribution in [0.25, 0.3) is 0 Å². The Morgan fingerprint density at radius 2 is 1.90 bits per heavy atom. The van der Waals surface area contributed by atoms with Crippen molar-refractivity contribution < 1.29 is 9.84 Å². The minimum Gasteiger partial charge on any atom is -0.456 e. The summed E-state index contributed by atoms with van der Waals surface area (Å²) < 4.78 is 6.71. The lowest BCUT2D eigenvalue weighted by Crippen LogP contribution is -2.04. The molecule has 0 aliphatic rings. The summed E-state index contributed by atoms with van der Waals surface area (Å²) in [6.07, 6.45) is 0.660. The highest BCUT2D eigenvalue weighted by Crippen LogP contribution is 2.31. The van der Waals surface area contributed by atoms with Crippen molar-refractivity contribution in [1.82, 2.24) is 0 Å². The molecule has 4 heteroatoms. The monoisotopic (exact) mass is 335 g/mol. The fraction of sp³-hybridized carbons (Fsp3) is 0.250. The number of benzene rings is 2. The molecule has 0 bridgehead atoms. The molecule has 0 unspecified atom stereocenters. The normalized spacial score (nSPS) is 12.2. The highest BCUT2D eigenvalue weighted by atomic mass is 79.9. The number of hydrogen-bond donors (Lipinski definition) is 2. The van der Waals surface area contributed by atoms with Crippen molar-refractivity contribution in [3.63, 3.8) is 0 Å². The minimum atomic E-state index is -0.00175. The molecule has 3 N–H and O–H groups in total. The molecule has 0 spiro atoms. The molecule has 0 aliphatic heterocycles. The van der Waals surface area contributed by atoms with E-state index in [9.17, 15) is 0 Å². The van der Waals surface area contributed by atoms with Crippen molar-refractivity contribution in [1.29, 1.82) is 0 Å². The lowest BCUT2D eigenvalue weighted by Gasteiger charge is -2.11. The molecular formula is C16H18BrNO2. The molecule has 0 heterocycles. The Balaban J connectivity index is 2.13. The van der Waals surface area contributed by atoms with E-state index in [2.05, 4.69) is 15.9 Å². The van der Waals surface area contributed by atoms with Gasteiger partial charge in [-0.1, -0.05) is 18.2 Å². The maximum Gasteiger partial charge on any atom is 0.141 e. The number of aliphatic hydroxyl groups excluding tert-OH is 1. The Morgan fingerprint density at radius 1 is 1.20 bits per heavy atom. The molecule has 0 saturated heterocycles. The quantitative estimate of drug-likeness (QED) is 0.873. The Kier molecular flexibility index (Phi) is 5.17. The molecule has 0 amide bonds. The Bertz CT molecular complexity index is 567. The third-order valence-corrected chi connectivity index (χ3v) is 3.65. The van der Waals surface area contributed by atoms with Crippen LogP contribution in [0.15, 0.2) is 46.9 Å². The fourth-order valence-electron chi connectivity index (χ4n) is 1.86. The van der Waals surface area contributed by atoms with E-state index < -0.39 is 0 Å². The van der Waals surface area contributed by atoms with Crippen molar-refractivity contribution in [3.8, 4) is 11.5 Å². The van der Waals surface area contributed by atoms with Gasteiger partial charge in [-0.25, -0.2) is 0 Å². The Hall–Kier alpha value is -1.36. The molecule has 2 rings (SSSR count). The summed E-state index contributed by atoms with van der Waals surface area (Å²) in [5.41, 5.74) is 8.00. The highest BCUT2D eigenvalue weighted by Gasteiger charge is 2.06. The highest BCUT2D eigenvalue weighted by molar-refractivity contribution is 9.10. The topological polar surface area (TPSA) is 55.5 Å². The molecule has 106 valence electrons. The molecule has 20 heavy (non-hydrogen) atoms. The van der Waals surface area contributed by atoms with E-state index in [1.807, 2.05) is 49.4 Å². The van der Waals surface area contributed by atoms with Crippen LogP contribution < -0.4 is 10.5 Å². The lowest BCUT2D eigenvalue weighted by atomic mass is 10.1. The van der Waals surface area contributed by atoms with E-state index in [4.69, 9.17) is 15.6 Å². The average Bonchev–Trinajstić information content (AvgIpc) is 2.43. The Labute approximate surface area is 127 Å². The van der Waals surface area contributed by atoms with Crippen LogP contribution >= 0.6 is 15.9 Å². The predicted molar refractivity (Wildman–Crippen MR) is 84.1 cm³/mol. The first-order valence-corrected chi connectivity index (χ1v) is 7.32. The number of nitrogens with two attached hydrogens (primary N) is 1. The van der Waals surface area contributed by atoms with Crippen LogP contribution in [0, 0.1) is 0 Å². The van der Waals surface area contributed by atoms with E-state index in [-0.39, 0.29) is 12.6 Å². The van der Waals surface area contributed by atoms with Crippen LogP contribution in [0.1, 0.15) is 24.1 Å². The van der Waals surface area contributed by atoms with Gasteiger partial charge >= 0.3 is 0 Å². The molecule has 2 aromatic carbocycles. The summed E-state index contributed by atoms with van der Waals surface area (Å²) in [7, 11) is 0. The van der Waals surface area contributed by atoms with Gasteiger partial charge in [0, 0.05) is 12.6 Å². The lowest BCUT2D eigenvalue weighted by molar-refractivity contribution is 0.299. The zero-order valence-electron chi connectivity index (χ0n) is 11.3. The summed E-state index contributed by atoms with van der Waals surface area (Å²) in [5, 5.41) is 8.88. The molecule has 0 radical (unpaired) electrons. The second-order valence-corrected chi connectivity index (χ2v) is 5.55. The van der Waals surface area contributed by atoms with Crippen molar-refractivity contribution in [2.24, 2.45) is 5.73 Å². The zero-order valence-corrected chi connectivity index (χ0v) is 12.9. The zero-order chi connectivity index (χ0) is 14.5. The standard InChI is InChI=1S/C16H18BrNO2/c1-11(18)13-4-7-16(15(17)10-13)20-14-5-2-12(3-6-14)8-9-19/h2-7,10-11,19H,8-9,18H2,1H3/t11-/m0/s1. The van der Waals surface area contributed by atoms with Crippen LogP contribution in [0.3, 0.4) is 0 Å². The number of ether oxygens (including phenoxy) is 1. The molecule has 3 nitrogen and oxygen atoms in total. The predicted octanol–water partition coefficient (Wildman–Crippen LogP) is 3.80. The van der Waals surface area contributed by atoms with Gasteiger partial charge < -0.3 is 15.6 Å². The van der Waals surface area contributed by atoms with Gasteiger partial charge in [0.15, 0.2) is 0 Å². The molecule has 0 aromatic heterocycles. The summed E-state index contributed by atoms with van der Waals surface area (Å²) >= 11 is 3.50. The van der Waals surface area contributed by atoms with Gasteiger partial charge in [-0.3, -0.25) is 0 Å². The van der Waals surface area contributed by atoms with Gasteiger partial charge in [-0.15, -0.1) is 0 Å². The molecule has 0 aliphatic carbocycles. The number of rotatable bonds is 5. The Morgan fingerprint density at radius 3 is 2.45 bits per heavy atom. The summed E-state index contributed by atoms with van der Waals surface area (Å²) in [6.45, 7) is 2.10. The largest absolute Gasteiger partial charge is 0.456 e. The summed E-state index contributed by atoms with van der Waals surface area (Å²) in [5.74, 6) is 1.52. The first-order valence-electron chi connectivity index (χ1n) is 6.53. The minimum absolute atomic E-state index is 0.00175. The van der Waals surface area contributed by atoms with Gasteiger partial charge in [0.05, 0.1) is 4.47 Å². The molecule has 2 aromatic rings. The van der Waals surface area contributed by atoms with Gasteiger partial charge in [-0.2, -0.15) is 0 Å². The average molecular weight is 336 g/mol. The summed E-state index contributed by atoms with van der Waals surface area (Å²) in [6, 6.07) is 13.5. The second kappa shape index (κ2) is 6.88. The SMILES string of the molecule is C[C@H](N)c1ccc(Oc2ccc(CCO)cc2)c(Br)c1. The van der Waals surface area contributed by atoms with Crippen LogP contribution in [0.2, 0.25) is 0 Å². The smallest absolute Gasteiger partial charge is 0.141 e. The van der Waals surface area contributed by atoms with Gasteiger partial charge in [0.1, 0.15) is 11.5 Å². The number of hydrogen-bond acceptors (Lipinski definition) is 3. The van der Waals surface area contributed by atoms with E-state index >= 15 is 0 Å². The first kappa shape index (κ1) is 15.0. The van der Waals surface area contributed by atoms with Crippen molar-refractivity contribution in [2.75, 3.05) is 6.61 Å². The van der Waals surface area contributed by atoms with E-state index in [0.717, 1.165) is 27.1 Å². The van der Waals surface area contributed by atoms with Crippen LogP contribution in [-0.4, -0.2) is 11.7 Å². The summed E-state index contributed by atoms with van der Waals surface area (Å²) in [4.78, 5) is 0. The second-order valence-electron chi connectivity index (χ2n) is 4.70. The molecular weight excluding hydrogens is 318 g/mol. The third kappa shape index (κ3) is 3.82. The van der Waals surface area contributed by atoms with Crippen LogP contribution in [0.4, 0.5) is 0 Å². The number of aliphatic hydroxyl groups is 1. The van der Waals surface area contributed by atoms with Crippen molar-refractivity contribution in [3.05, 3.63) is 58.1 Å². The number of halogens is 1. The molecule has 0 fully saturated rings. The van der Waals surface area contributed by atoms with E-state index in [0.29, 0.717) is 6.42 Å². The van der Waals surface area contributed by atoms with Crippen molar-refractivity contribution in [2.45, 2.75) is 19.4 Å². The van der Waals surface area contributed by atoms with Gasteiger partial charge in [0.2, 0.25) is 0 Å². The van der Waals surface area contributed by atoms with Crippen molar-refractivity contribution >= 4 is 15.9 Å². The molecule has 1 atom stereocenters. The maximum absolute atomic E-state index is 8.88. The maximum atomic E-state index is 8.88. The first-order chi connectivity index (χ1) is 9.60. The molecule has 0 saturated carbocycles. The third-order valence-electron chi connectivity index (χ3n) is 3.03. The van der Waals surface area contributed by atoms with E-state index in [1.54, 1.807) is 0 Å². The fourth-order valence-corrected chi connectivity index (χ4v) is 2.34. The van der Waals surface area contributed by atoms with Gasteiger partial charge in [0.25, 0.3) is 0 Å². The van der Waals surface area contributed by atoms with Gasteiger partial charge in [-0.05, 0) is 64.7 Å². The van der Waals surface area contributed by atoms with E-state index in [1.165, 1.54) is 0 Å². The van der Waals surface area contributed by atoms with Crippen LogP contribution in [-0.2, 0) is 6.42 Å².